The minimum absolute atomic E-state index is 0.504. The molecular weight excluding hydrogens is 284 g/mol. The van der Waals surface area contributed by atoms with Crippen molar-refractivity contribution in [3.8, 4) is 5.75 Å². The van der Waals surface area contributed by atoms with E-state index in [4.69, 9.17) is 4.74 Å². The standard InChI is InChI=1S/C20H24N2O/c1-23-18-10-6-5-9-16(18)13-21-19-17-11-12-22(14-17)20(19)15-7-3-2-4-8-15/h2-10,17,19-21H,11-14H2,1H3/t17-,19+,20+/m1/s1. The first-order valence-corrected chi connectivity index (χ1v) is 8.51. The van der Waals surface area contributed by atoms with Gasteiger partial charge in [-0.3, -0.25) is 4.90 Å². The van der Waals surface area contributed by atoms with Gasteiger partial charge in [-0.1, -0.05) is 48.5 Å². The molecule has 0 radical (unpaired) electrons. The number of hydrogen-bond acceptors (Lipinski definition) is 3. The number of nitrogens with zero attached hydrogens (tertiary/aromatic N) is 1. The zero-order valence-electron chi connectivity index (χ0n) is 13.6. The smallest absolute Gasteiger partial charge is 0.123 e. The van der Waals surface area contributed by atoms with Crippen LogP contribution in [0.15, 0.2) is 54.6 Å². The van der Waals surface area contributed by atoms with Crippen molar-refractivity contribution in [1.82, 2.24) is 10.2 Å². The summed E-state index contributed by atoms with van der Waals surface area (Å²) in [5.41, 5.74) is 2.67. The Bertz CT molecular complexity index is 658. The summed E-state index contributed by atoms with van der Waals surface area (Å²) in [4.78, 5) is 2.64. The van der Waals surface area contributed by atoms with Gasteiger partial charge in [-0.2, -0.15) is 0 Å². The van der Waals surface area contributed by atoms with Gasteiger partial charge in [-0.05, 0) is 30.5 Å². The van der Waals surface area contributed by atoms with E-state index in [1.165, 1.54) is 30.6 Å². The minimum Gasteiger partial charge on any atom is -0.496 e. The van der Waals surface area contributed by atoms with E-state index in [1.807, 2.05) is 12.1 Å². The predicted octanol–water partition coefficient (Wildman–Crippen LogP) is 3.23. The molecule has 2 aromatic rings. The molecule has 23 heavy (non-hydrogen) atoms. The Labute approximate surface area is 138 Å². The molecule has 4 rings (SSSR count). The lowest BCUT2D eigenvalue weighted by molar-refractivity contribution is 0.217. The molecule has 2 aromatic carbocycles. The third-order valence-corrected chi connectivity index (χ3v) is 5.36. The van der Waals surface area contributed by atoms with Crippen molar-refractivity contribution >= 4 is 0 Å². The van der Waals surface area contributed by atoms with Crippen LogP contribution in [-0.4, -0.2) is 31.1 Å². The largest absolute Gasteiger partial charge is 0.496 e. The van der Waals surface area contributed by atoms with Gasteiger partial charge in [0, 0.05) is 24.7 Å². The van der Waals surface area contributed by atoms with Crippen molar-refractivity contribution in [1.29, 1.82) is 0 Å². The van der Waals surface area contributed by atoms with Crippen LogP contribution in [0.4, 0.5) is 0 Å². The van der Waals surface area contributed by atoms with Gasteiger partial charge in [0.05, 0.1) is 13.2 Å². The quantitative estimate of drug-likeness (QED) is 0.918. The summed E-state index contributed by atoms with van der Waals surface area (Å²) in [6.45, 7) is 3.32. The molecule has 2 aliphatic rings. The molecular formula is C20H24N2O. The monoisotopic (exact) mass is 308 g/mol. The van der Waals surface area contributed by atoms with E-state index < -0.39 is 0 Å². The number of fused-ring (bicyclic) bond motifs is 2. The average molecular weight is 308 g/mol. The first kappa shape index (κ1) is 14.7. The number of para-hydroxylation sites is 1. The van der Waals surface area contributed by atoms with E-state index >= 15 is 0 Å². The third-order valence-electron chi connectivity index (χ3n) is 5.36. The van der Waals surface area contributed by atoms with Crippen LogP contribution in [0.3, 0.4) is 0 Å². The van der Waals surface area contributed by atoms with Crippen molar-refractivity contribution in [2.75, 3.05) is 20.2 Å². The maximum Gasteiger partial charge on any atom is 0.123 e. The maximum absolute atomic E-state index is 5.48. The van der Waals surface area contributed by atoms with Crippen molar-refractivity contribution in [3.63, 3.8) is 0 Å². The number of methoxy groups -OCH3 is 1. The van der Waals surface area contributed by atoms with Crippen LogP contribution >= 0.6 is 0 Å². The Morgan fingerprint density at radius 3 is 2.70 bits per heavy atom. The van der Waals surface area contributed by atoms with E-state index in [2.05, 4.69) is 52.7 Å². The molecule has 4 atom stereocenters. The SMILES string of the molecule is COc1ccccc1CN[C@H]1[C@@H]2CCN(C2)[C@H]1c1ccccc1. The fourth-order valence-corrected chi connectivity index (χ4v) is 4.27. The summed E-state index contributed by atoms with van der Waals surface area (Å²) in [5.74, 6) is 1.73. The molecule has 2 aliphatic heterocycles. The highest BCUT2D eigenvalue weighted by molar-refractivity contribution is 5.33. The van der Waals surface area contributed by atoms with E-state index in [0.29, 0.717) is 12.1 Å². The Balaban J connectivity index is 1.53. The van der Waals surface area contributed by atoms with Crippen LogP contribution < -0.4 is 10.1 Å². The Morgan fingerprint density at radius 1 is 1.09 bits per heavy atom. The molecule has 2 bridgehead atoms. The Morgan fingerprint density at radius 2 is 1.87 bits per heavy atom. The molecule has 2 heterocycles. The van der Waals surface area contributed by atoms with Gasteiger partial charge < -0.3 is 10.1 Å². The van der Waals surface area contributed by atoms with E-state index in [9.17, 15) is 0 Å². The third kappa shape index (κ3) is 2.75. The lowest BCUT2D eigenvalue weighted by Crippen LogP contribution is -2.42. The normalized spacial score (nSPS) is 28.9. The number of piperidine rings is 1. The molecule has 120 valence electrons. The lowest BCUT2D eigenvalue weighted by Gasteiger charge is -2.33. The fraction of sp³-hybridized carbons (Fsp3) is 0.400. The van der Waals surface area contributed by atoms with Gasteiger partial charge in [0.15, 0.2) is 0 Å². The highest BCUT2D eigenvalue weighted by atomic mass is 16.5. The number of ether oxygens (including phenoxy) is 1. The van der Waals surface area contributed by atoms with Crippen molar-refractivity contribution in [3.05, 3.63) is 65.7 Å². The fourth-order valence-electron chi connectivity index (χ4n) is 4.27. The number of hydrogen-bond donors (Lipinski definition) is 1. The average Bonchev–Trinajstić information content (AvgIpc) is 3.22. The molecule has 3 heteroatoms. The van der Waals surface area contributed by atoms with Crippen molar-refractivity contribution in [2.24, 2.45) is 5.92 Å². The molecule has 0 spiro atoms. The number of rotatable bonds is 5. The van der Waals surface area contributed by atoms with E-state index in [-0.39, 0.29) is 0 Å². The minimum atomic E-state index is 0.504. The lowest BCUT2D eigenvalue weighted by atomic mass is 9.89. The van der Waals surface area contributed by atoms with Gasteiger partial charge in [0.1, 0.15) is 5.75 Å². The first-order valence-electron chi connectivity index (χ1n) is 8.51. The Hall–Kier alpha value is -1.84. The molecule has 0 amide bonds. The van der Waals surface area contributed by atoms with Gasteiger partial charge in [-0.25, -0.2) is 0 Å². The highest BCUT2D eigenvalue weighted by Gasteiger charge is 2.46. The number of benzene rings is 2. The molecule has 0 aliphatic carbocycles. The molecule has 2 fully saturated rings. The van der Waals surface area contributed by atoms with E-state index in [1.54, 1.807) is 7.11 Å². The predicted molar refractivity (Wildman–Crippen MR) is 92.5 cm³/mol. The summed E-state index contributed by atoms with van der Waals surface area (Å²) >= 11 is 0. The topological polar surface area (TPSA) is 24.5 Å². The van der Waals surface area contributed by atoms with Crippen LogP contribution in [0.5, 0.6) is 5.75 Å². The maximum atomic E-state index is 5.48. The molecule has 3 nitrogen and oxygen atoms in total. The van der Waals surface area contributed by atoms with Crippen LogP contribution in [0.2, 0.25) is 0 Å². The molecule has 0 aromatic heterocycles. The first-order chi connectivity index (χ1) is 11.4. The second-order valence-corrected chi connectivity index (χ2v) is 6.62. The summed E-state index contributed by atoms with van der Waals surface area (Å²) in [6, 6.07) is 20.3. The second kappa shape index (κ2) is 6.34. The van der Waals surface area contributed by atoms with Gasteiger partial charge in [0.2, 0.25) is 0 Å². The van der Waals surface area contributed by atoms with Gasteiger partial charge >= 0.3 is 0 Å². The van der Waals surface area contributed by atoms with Crippen LogP contribution in [0, 0.1) is 5.92 Å². The highest BCUT2D eigenvalue weighted by Crippen LogP contribution is 2.42. The molecule has 2 saturated heterocycles. The zero-order valence-corrected chi connectivity index (χ0v) is 13.6. The zero-order chi connectivity index (χ0) is 15.6. The van der Waals surface area contributed by atoms with E-state index in [0.717, 1.165) is 18.2 Å². The summed E-state index contributed by atoms with van der Waals surface area (Å²) in [6.07, 6.45) is 1.31. The Kier molecular flexibility index (Phi) is 4.06. The van der Waals surface area contributed by atoms with Crippen molar-refractivity contribution in [2.45, 2.75) is 25.0 Å². The van der Waals surface area contributed by atoms with Crippen LogP contribution in [0.25, 0.3) is 0 Å². The summed E-state index contributed by atoms with van der Waals surface area (Å²) in [7, 11) is 1.74. The van der Waals surface area contributed by atoms with Gasteiger partial charge in [-0.15, -0.1) is 0 Å². The molecule has 1 unspecified atom stereocenters. The van der Waals surface area contributed by atoms with Crippen molar-refractivity contribution < 1.29 is 4.74 Å². The molecule has 1 N–H and O–H groups in total. The number of nitrogens with one attached hydrogen (secondary N) is 1. The summed E-state index contributed by atoms with van der Waals surface area (Å²) < 4.78 is 5.48. The van der Waals surface area contributed by atoms with Crippen LogP contribution in [-0.2, 0) is 6.54 Å². The second-order valence-electron chi connectivity index (χ2n) is 6.62. The van der Waals surface area contributed by atoms with Gasteiger partial charge in [0.25, 0.3) is 0 Å². The van der Waals surface area contributed by atoms with Crippen LogP contribution in [0.1, 0.15) is 23.6 Å². The molecule has 0 saturated carbocycles. The summed E-state index contributed by atoms with van der Waals surface area (Å²) in [5, 5.41) is 3.83.